The zero-order valence-corrected chi connectivity index (χ0v) is 14.1. The molecule has 0 fully saturated rings. The number of aryl methyl sites for hydroxylation is 2. The van der Waals surface area contributed by atoms with Gasteiger partial charge in [-0.1, -0.05) is 17.3 Å². The lowest BCUT2D eigenvalue weighted by molar-refractivity contribution is 0.0954. The van der Waals surface area contributed by atoms with Crippen LogP contribution < -0.4 is 5.32 Å². The molecule has 0 saturated carbocycles. The molecule has 0 aliphatic rings. The number of nitrogens with one attached hydrogen (secondary N) is 1. The lowest BCUT2D eigenvalue weighted by Crippen LogP contribution is -2.25. The van der Waals surface area contributed by atoms with E-state index in [-0.39, 0.29) is 11.7 Å². The molecule has 2 N–H and O–H groups in total. The highest BCUT2D eigenvalue weighted by molar-refractivity contribution is 5.95. The number of amides is 1. The molecule has 1 aromatic carbocycles. The summed E-state index contributed by atoms with van der Waals surface area (Å²) in [6.07, 6.45) is 3.92. The average Bonchev–Trinajstić information content (AvgIpc) is 2.95. The van der Waals surface area contributed by atoms with Crippen LogP contribution in [0.1, 0.15) is 27.4 Å². The SMILES string of the molecule is Cc1noc(C)c1-c1cncc(C(=O)NCCc2ccc(O)cc2)c1. The Morgan fingerprint density at radius 1 is 1.20 bits per heavy atom. The molecule has 0 aliphatic heterocycles. The van der Waals surface area contributed by atoms with E-state index in [1.54, 1.807) is 24.4 Å². The van der Waals surface area contributed by atoms with Crippen molar-refractivity contribution in [2.24, 2.45) is 0 Å². The third kappa shape index (κ3) is 3.85. The van der Waals surface area contributed by atoms with Gasteiger partial charge in [0.15, 0.2) is 0 Å². The molecule has 6 nitrogen and oxygen atoms in total. The van der Waals surface area contributed by atoms with Gasteiger partial charge in [0.1, 0.15) is 11.5 Å². The summed E-state index contributed by atoms with van der Waals surface area (Å²) in [6, 6.07) is 8.72. The van der Waals surface area contributed by atoms with Crippen molar-refractivity contribution in [2.45, 2.75) is 20.3 Å². The molecule has 0 bridgehead atoms. The minimum atomic E-state index is -0.181. The Hall–Kier alpha value is -3.15. The lowest BCUT2D eigenvalue weighted by Gasteiger charge is -2.07. The third-order valence-electron chi connectivity index (χ3n) is 3.96. The number of phenols is 1. The largest absolute Gasteiger partial charge is 0.508 e. The van der Waals surface area contributed by atoms with Crippen LogP contribution in [0.3, 0.4) is 0 Å². The number of rotatable bonds is 5. The van der Waals surface area contributed by atoms with Crippen molar-refractivity contribution in [3.05, 3.63) is 65.3 Å². The number of aromatic nitrogens is 2. The summed E-state index contributed by atoms with van der Waals surface area (Å²) < 4.78 is 5.18. The summed E-state index contributed by atoms with van der Waals surface area (Å²) in [5.41, 5.74) is 3.97. The quantitative estimate of drug-likeness (QED) is 0.747. The number of carbonyl (C=O) groups excluding carboxylic acids is 1. The molecule has 2 aromatic heterocycles. The van der Waals surface area contributed by atoms with Crippen LogP contribution >= 0.6 is 0 Å². The Balaban J connectivity index is 1.66. The van der Waals surface area contributed by atoms with Crippen LogP contribution in [-0.4, -0.2) is 27.7 Å². The summed E-state index contributed by atoms with van der Waals surface area (Å²) in [5, 5.41) is 16.1. The van der Waals surface area contributed by atoms with Gasteiger partial charge in [-0.3, -0.25) is 9.78 Å². The Labute approximate surface area is 145 Å². The van der Waals surface area contributed by atoms with Crippen LogP contribution in [0.4, 0.5) is 0 Å². The minimum absolute atomic E-state index is 0.181. The van der Waals surface area contributed by atoms with Gasteiger partial charge in [-0.05, 0) is 44.0 Å². The van der Waals surface area contributed by atoms with E-state index in [0.717, 1.165) is 22.4 Å². The summed E-state index contributed by atoms with van der Waals surface area (Å²) in [7, 11) is 0. The first kappa shape index (κ1) is 16.7. The molecule has 128 valence electrons. The summed E-state index contributed by atoms with van der Waals surface area (Å²) in [4.78, 5) is 16.5. The fourth-order valence-electron chi connectivity index (χ4n) is 2.68. The zero-order valence-electron chi connectivity index (χ0n) is 14.1. The standard InChI is InChI=1S/C19H19N3O3/c1-12-18(13(2)25-22-12)15-9-16(11-20-10-15)19(24)21-8-7-14-3-5-17(23)6-4-14/h3-6,9-11,23H,7-8H2,1-2H3,(H,21,24). The molecule has 2 heterocycles. The topological polar surface area (TPSA) is 88.2 Å². The molecule has 0 aliphatic carbocycles. The maximum atomic E-state index is 12.4. The first-order valence-electron chi connectivity index (χ1n) is 7.99. The molecule has 0 radical (unpaired) electrons. The van der Waals surface area contributed by atoms with E-state index in [2.05, 4.69) is 15.5 Å². The van der Waals surface area contributed by atoms with Gasteiger partial charge >= 0.3 is 0 Å². The number of pyridine rings is 1. The first-order chi connectivity index (χ1) is 12.0. The van der Waals surface area contributed by atoms with Crippen LogP contribution in [0, 0.1) is 13.8 Å². The first-order valence-corrected chi connectivity index (χ1v) is 7.99. The van der Waals surface area contributed by atoms with E-state index in [1.165, 1.54) is 6.20 Å². The molecular weight excluding hydrogens is 318 g/mol. The number of nitrogens with zero attached hydrogens (tertiary/aromatic N) is 2. The van der Waals surface area contributed by atoms with Crippen LogP contribution in [0.15, 0.2) is 47.2 Å². The predicted molar refractivity (Wildman–Crippen MR) is 93.4 cm³/mol. The van der Waals surface area contributed by atoms with Crippen LogP contribution in [-0.2, 0) is 6.42 Å². The Bertz CT molecular complexity index is 866. The van der Waals surface area contributed by atoms with E-state index in [1.807, 2.05) is 26.0 Å². The Kier molecular flexibility index (Phi) is 4.79. The zero-order chi connectivity index (χ0) is 17.8. The fourth-order valence-corrected chi connectivity index (χ4v) is 2.68. The van der Waals surface area contributed by atoms with Crippen molar-refractivity contribution in [2.75, 3.05) is 6.54 Å². The number of aromatic hydroxyl groups is 1. The molecule has 0 saturated heterocycles. The van der Waals surface area contributed by atoms with Gasteiger partial charge in [0.25, 0.3) is 5.91 Å². The van der Waals surface area contributed by atoms with E-state index in [4.69, 9.17) is 4.52 Å². The second-order valence-corrected chi connectivity index (χ2v) is 5.83. The van der Waals surface area contributed by atoms with Crippen molar-refractivity contribution in [3.8, 4) is 16.9 Å². The normalized spacial score (nSPS) is 10.6. The monoisotopic (exact) mass is 337 g/mol. The highest BCUT2D eigenvalue weighted by Crippen LogP contribution is 2.26. The van der Waals surface area contributed by atoms with Gasteiger partial charge in [0.2, 0.25) is 0 Å². The fraction of sp³-hybridized carbons (Fsp3) is 0.211. The van der Waals surface area contributed by atoms with E-state index < -0.39 is 0 Å². The van der Waals surface area contributed by atoms with Gasteiger partial charge in [0, 0.05) is 30.1 Å². The lowest BCUT2D eigenvalue weighted by atomic mass is 10.0. The average molecular weight is 337 g/mol. The van der Waals surface area contributed by atoms with Crippen molar-refractivity contribution >= 4 is 5.91 Å². The third-order valence-corrected chi connectivity index (χ3v) is 3.96. The summed E-state index contributed by atoms with van der Waals surface area (Å²) in [5.74, 6) is 0.749. The second-order valence-electron chi connectivity index (χ2n) is 5.83. The highest BCUT2D eigenvalue weighted by Gasteiger charge is 2.14. The molecule has 25 heavy (non-hydrogen) atoms. The number of carbonyl (C=O) groups is 1. The van der Waals surface area contributed by atoms with Crippen LogP contribution in [0.2, 0.25) is 0 Å². The highest BCUT2D eigenvalue weighted by atomic mass is 16.5. The molecule has 0 spiro atoms. The number of hydrogen-bond donors (Lipinski definition) is 2. The number of phenolic OH excluding ortho intramolecular Hbond substituents is 1. The van der Waals surface area contributed by atoms with Gasteiger partial charge in [-0.2, -0.15) is 0 Å². The number of benzene rings is 1. The second kappa shape index (κ2) is 7.17. The maximum absolute atomic E-state index is 12.4. The van der Waals surface area contributed by atoms with Crippen molar-refractivity contribution in [1.29, 1.82) is 0 Å². The smallest absolute Gasteiger partial charge is 0.252 e. The van der Waals surface area contributed by atoms with Gasteiger partial charge in [-0.25, -0.2) is 0 Å². The van der Waals surface area contributed by atoms with Crippen LogP contribution in [0.25, 0.3) is 11.1 Å². The van der Waals surface area contributed by atoms with Crippen LogP contribution in [0.5, 0.6) is 5.75 Å². The van der Waals surface area contributed by atoms with E-state index in [9.17, 15) is 9.90 Å². The van der Waals surface area contributed by atoms with Gasteiger partial charge < -0.3 is 14.9 Å². The minimum Gasteiger partial charge on any atom is -0.508 e. The molecule has 0 unspecified atom stereocenters. The molecule has 3 rings (SSSR count). The molecule has 3 aromatic rings. The number of hydrogen-bond acceptors (Lipinski definition) is 5. The van der Waals surface area contributed by atoms with Crippen molar-refractivity contribution in [3.63, 3.8) is 0 Å². The molecular formula is C19H19N3O3. The predicted octanol–water partition coefficient (Wildman–Crippen LogP) is 3.03. The van der Waals surface area contributed by atoms with Gasteiger partial charge in [-0.15, -0.1) is 0 Å². The molecule has 6 heteroatoms. The van der Waals surface area contributed by atoms with E-state index >= 15 is 0 Å². The molecule has 0 atom stereocenters. The van der Waals surface area contributed by atoms with Crippen molar-refractivity contribution in [1.82, 2.24) is 15.5 Å². The Morgan fingerprint density at radius 3 is 2.64 bits per heavy atom. The Morgan fingerprint density at radius 2 is 1.96 bits per heavy atom. The van der Waals surface area contributed by atoms with Crippen molar-refractivity contribution < 1.29 is 14.4 Å². The molecule has 1 amide bonds. The maximum Gasteiger partial charge on any atom is 0.252 e. The summed E-state index contributed by atoms with van der Waals surface area (Å²) >= 11 is 0. The van der Waals surface area contributed by atoms with E-state index in [0.29, 0.717) is 24.3 Å². The van der Waals surface area contributed by atoms with Gasteiger partial charge in [0.05, 0.1) is 11.3 Å². The summed E-state index contributed by atoms with van der Waals surface area (Å²) in [6.45, 7) is 4.19.